The number of hydrogen-bond donors (Lipinski definition) is 1. The summed E-state index contributed by atoms with van der Waals surface area (Å²) in [6, 6.07) is 1.95. The summed E-state index contributed by atoms with van der Waals surface area (Å²) in [4.78, 5) is 10.7. The minimum absolute atomic E-state index is 0.152. The molecule has 0 aliphatic rings. The Morgan fingerprint density at radius 1 is 1.35 bits per heavy atom. The van der Waals surface area contributed by atoms with Gasteiger partial charge in [-0.15, -0.1) is 0 Å². The van der Waals surface area contributed by atoms with Crippen molar-refractivity contribution in [2.75, 3.05) is 0 Å². The van der Waals surface area contributed by atoms with E-state index in [2.05, 4.69) is 9.68 Å². The molecule has 0 fully saturated rings. The predicted molar refractivity (Wildman–Crippen MR) is 58.9 cm³/mol. The second-order valence-corrected chi connectivity index (χ2v) is 4.05. The number of carboxylic acids is 1. The standard InChI is InChI=1S/C11H4ClF4NO3/c12-7-8(10(18)19)17-20-9(7)4-1-2-5(6(13)3-4)11(14,15)16/h1-3H,(H,18,19). The van der Waals surface area contributed by atoms with Crippen LogP contribution < -0.4 is 0 Å². The summed E-state index contributed by atoms with van der Waals surface area (Å²) in [6.45, 7) is 0. The number of halogens is 5. The maximum absolute atomic E-state index is 13.4. The number of hydrogen-bond acceptors (Lipinski definition) is 3. The molecule has 0 aliphatic carbocycles. The molecule has 0 saturated carbocycles. The minimum Gasteiger partial charge on any atom is -0.476 e. The zero-order valence-electron chi connectivity index (χ0n) is 9.33. The van der Waals surface area contributed by atoms with Crippen LogP contribution in [0.15, 0.2) is 22.7 Å². The van der Waals surface area contributed by atoms with Gasteiger partial charge in [0.2, 0.25) is 5.69 Å². The topological polar surface area (TPSA) is 63.3 Å². The maximum atomic E-state index is 13.4. The lowest BCUT2D eigenvalue weighted by atomic mass is 10.1. The van der Waals surface area contributed by atoms with Gasteiger partial charge in [-0.1, -0.05) is 22.8 Å². The number of rotatable bonds is 2. The lowest BCUT2D eigenvalue weighted by Gasteiger charge is -2.08. The molecule has 20 heavy (non-hydrogen) atoms. The van der Waals surface area contributed by atoms with Gasteiger partial charge in [-0.05, 0) is 12.1 Å². The van der Waals surface area contributed by atoms with Crippen molar-refractivity contribution >= 4 is 17.6 Å². The van der Waals surface area contributed by atoms with E-state index in [1.165, 1.54) is 0 Å². The predicted octanol–water partition coefficient (Wildman–Crippen LogP) is 3.85. The molecule has 106 valence electrons. The molecule has 2 aromatic rings. The van der Waals surface area contributed by atoms with E-state index in [1.807, 2.05) is 0 Å². The van der Waals surface area contributed by atoms with Crippen LogP contribution in [0, 0.1) is 5.82 Å². The first-order chi connectivity index (χ1) is 9.21. The molecule has 1 aromatic heterocycles. The maximum Gasteiger partial charge on any atom is 0.419 e. The van der Waals surface area contributed by atoms with Crippen molar-refractivity contribution in [1.82, 2.24) is 5.16 Å². The van der Waals surface area contributed by atoms with Crippen LogP contribution in [0.4, 0.5) is 17.6 Å². The number of carboxylic acid groups (broad SMARTS) is 1. The van der Waals surface area contributed by atoms with Crippen LogP contribution in [0.1, 0.15) is 16.1 Å². The third-order valence-electron chi connectivity index (χ3n) is 2.37. The van der Waals surface area contributed by atoms with Crippen molar-refractivity contribution in [3.8, 4) is 11.3 Å². The average molecular weight is 310 g/mol. The zero-order valence-corrected chi connectivity index (χ0v) is 10.1. The van der Waals surface area contributed by atoms with Crippen molar-refractivity contribution in [3.63, 3.8) is 0 Å². The Kier molecular flexibility index (Phi) is 3.43. The molecular weight excluding hydrogens is 306 g/mol. The Labute approximate surface area is 113 Å². The van der Waals surface area contributed by atoms with E-state index in [4.69, 9.17) is 16.7 Å². The first-order valence-electron chi connectivity index (χ1n) is 4.97. The van der Waals surface area contributed by atoms with E-state index >= 15 is 0 Å². The Morgan fingerprint density at radius 2 is 2.00 bits per heavy atom. The monoisotopic (exact) mass is 309 g/mol. The fourth-order valence-corrected chi connectivity index (χ4v) is 1.74. The second kappa shape index (κ2) is 4.78. The van der Waals surface area contributed by atoms with E-state index in [1.54, 1.807) is 0 Å². The molecule has 0 radical (unpaired) electrons. The summed E-state index contributed by atoms with van der Waals surface area (Å²) < 4.78 is 55.2. The highest BCUT2D eigenvalue weighted by molar-refractivity contribution is 6.35. The van der Waals surface area contributed by atoms with Gasteiger partial charge >= 0.3 is 12.1 Å². The van der Waals surface area contributed by atoms with Crippen LogP contribution in [0.25, 0.3) is 11.3 Å². The van der Waals surface area contributed by atoms with Gasteiger partial charge in [-0.25, -0.2) is 9.18 Å². The van der Waals surface area contributed by atoms with Gasteiger partial charge in [0.1, 0.15) is 10.8 Å². The van der Waals surface area contributed by atoms with Gasteiger partial charge in [-0.2, -0.15) is 13.2 Å². The summed E-state index contributed by atoms with van der Waals surface area (Å²) >= 11 is 5.65. The average Bonchev–Trinajstić information content (AvgIpc) is 2.69. The molecule has 1 aromatic carbocycles. The lowest BCUT2D eigenvalue weighted by Crippen LogP contribution is -2.07. The molecular formula is C11H4ClF4NO3. The smallest absolute Gasteiger partial charge is 0.419 e. The molecule has 0 spiro atoms. The second-order valence-electron chi connectivity index (χ2n) is 3.67. The van der Waals surface area contributed by atoms with E-state index in [0.29, 0.717) is 12.1 Å². The molecule has 9 heteroatoms. The number of nitrogens with zero attached hydrogens (tertiary/aromatic N) is 1. The van der Waals surface area contributed by atoms with Crippen molar-refractivity contribution < 1.29 is 32.0 Å². The van der Waals surface area contributed by atoms with Crippen LogP contribution in [0.2, 0.25) is 5.02 Å². The Bertz CT molecular complexity index is 681. The first kappa shape index (κ1) is 14.3. The lowest BCUT2D eigenvalue weighted by molar-refractivity contribution is -0.139. The molecule has 1 N–H and O–H groups in total. The molecule has 0 aliphatic heterocycles. The van der Waals surface area contributed by atoms with Crippen molar-refractivity contribution in [3.05, 3.63) is 40.3 Å². The van der Waals surface area contributed by atoms with E-state index in [0.717, 1.165) is 6.07 Å². The van der Waals surface area contributed by atoms with Gasteiger partial charge < -0.3 is 9.63 Å². The van der Waals surface area contributed by atoms with Crippen LogP contribution in [-0.2, 0) is 6.18 Å². The summed E-state index contributed by atoms with van der Waals surface area (Å²) in [5.74, 6) is -3.33. The summed E-state index contributed by atoms with van der Waals surface area (Å²) in [6.07, 6.45) is -4.83. The Balaban J connectivity index is 2.50. The third-order valence-corrected chi connectivity index (χ3v) is 2.73. The number of alkyl halides is 3. The van der Waals surface area contributed by atoms with Gasteiger partial charge in [0.25, 0.3) is 0 Å². The zero-order chi connectivity index (χ0) is 15.1. The van der Waals surface area contributed by atoms with Crippen molar-refractivity contribution in [1.29, 1.82) is 0 Å². The van der Waals surface area contributed by atoms with Gasteiger partial charge in [0, 0.05) is 5.56 Å². The molecule has 4 nitrogen and oxygen atoms in total. The first-order valence-corrected chi connectivity index (χ1v) is 5.35. The Hall–Kier alpha value is -2.09. The summed E-state index contributed by atoms with van der Waals surface area (Å²) in [5.41, 5.74) is -2.21. The van der Waals surface area contributed by atoms with E-state index in [9.17, 15) is 22.4 Å². The number of aromatic carboxylic acids is 1. The number of benzene rings is 1. The van der Waals surface area contributed by atoms with Gasteiger partial charge in [0.15, 0.2) is 5.76 Å². The van der Waals surface area contributed by atoms with E-state index < -0.39 is 34.2 Å². The van der Waals surface area contributed by atoms with Crippen LogP contribution >= 0.6 is 11.6 Å². The highest BCUT2D eigenvalue weighted by Gasteiger charge is 2.34. The molecule has 0 unspecified atom stereocenters. The molecule has 0 atom stereocenters. The number of carbonyl (C=O) groups is 1. The molecule has 0 bridgehead atoms. The van der Waals surface area contributed by atoms with Crippen LogP contribution in [0.3, 0.4) is 0 Å². The largest absolute Gasteiger partial charge is 0.476 e. The molecule has 2 rings (SSSR count). The van der Waals surface area contributed by atoms with Gasteiger partial charge in [0.05, 0.1) is 5.56 Å². The fourth-order valence-electron chi connectivity index (χ4n) is 1.48. The highest BCUT2D eigenvalue weighted by atomic mass is 35.5. The highest BCUT2D eigenvalue weighted by Crippen LogP contribution is 2.36. The molecule has 1 heterocycles. The normalized spacial score (nSPS) is 11.7. The summed E-state index contributed by atoms with van der Waals surface area (Å²) in [7, 11) is 0. The number of aromatic nitrogens is 1. The van der Waals surface area contributed by atoms with Crippen molar-refractivity contribution in [2.45, 2.75) is 6.18 Å². The van der Waals surface area contributed by atoms with Gasteiger partial charge in [-0.3, -0.25) is 0 Å². The van der Waals surface area contributed by atoms with Crippen LogP contribution in [0.5, 0.6) is 0 Å². The van der Waals surface area contributed by atoms with Crippen LogP contribution in [-0.4, -0.2) is 16.2 Å². The minimum atomic E-state index is -4.83. The third kappa shape index (κ3) is 2.46. The SMILES string of the molecule is O=C(O)c1noc(-c2ccc(C(F)(F)F)c(F)c2)c1Cl. The van der Waals surface area contributed by atoms with Crippen molar-refractivity contribution in [2.24, 2.45) is 0 Å². The molecule has 0 saturated heterocycles. The summed E-state index contributed by atoms with van der Waals surface area (Å²) in [5, 5.41) is 11.4. The quantitative estimate of drug-likeness (QED) is 0.856. The fraction of sp³-hybridized carbons (Fsp3) is 0.0909. The van der Waals surface area contributed by atoms with E-state index in [-0.39, 0.29) is 11.3 Å². The molecule has 0 amide bonds. The Morgan fingerprint density at radius 3 is 2.45 bits per heavy atom.